The Labute approximate surface area is 160 Å². The first-order valence-electron chi connectivity index (χ1n) is 8.94. The van der Waals surface area contributed by atoms with Crippen molar-refractivity contribution in [2.24, 2.45) is 11.8 Å². The lowest BCUT2D eigenvalue weighted by atomic mass is 9.87. The highest BCUT2D eigenvalue weighted by atomic mass is 32.2. The molecule has 1 heterocycles. The second kappa shape index (κ2) is 7.74. The molecule has 0 N–H and O–H groups in total. The molecule has 0 unspecified atom stereocenters. The van der Waals surface area contributed by atoms with Gasteiger partial charge >= 0.3 is 0 Å². The van der Waals surface area contributed by atoms with E-state index in [0.717, 1.165) is 5.56 Å². The Morgan fingerprint density at radius 3 is 2.22 bits per heavy atom. The fourth-order valence-corrected chi connectivity index (χ4v) is 5.06. The Hall–Kier alpha value is -2.31. The molecule has 0 spiro atoms. The number of benzene rings is 2. The van der Waals surface area contributed by atoms with Crippen LogP contribution in [-0.4, -0.2) is 37.4 Å². The van der Waals surface area contributed by atoms with Gasteiger partial charge in [0.15, 0.2) is 5.78 Å². The van der Waals surface area contributed by atoms with Crippen molar-refractivity contribution in [1.29, 1.82) is 0 Å². The van der Waals surface area contributed by atoms with Crippen molar-refractivity contribution in [3.05, 3.63) is 65.7 Å². The van der Waals surface area contributed by atoms with E-state index in [1.807, 2.05) is 13.0 Å². The van der Waals surface area contributed by atoms with Crippen LogP contribution in [0.25, 0.3) is 0 Å². The number of rotatable bonds is 6. The van der Waals surface area contributed by atoms with E-state index in [4.69, 9.17) is 0 Å². The van der Waals surface area contributed by atoms with E-state index in [0.29, 0.717) is 5.56 Å². The summed E-state index contributed by atoms with van der Waals surface area (Å²) in [5.41, 5.74) is 1.56. The standard InChI is InChI=1S/C21H23NO4S/c1-15-8-10-19(11-9-15)27(25,26)22-13-18(20(14-22)16(2)23)12-21(24)17-6-4-3-5-7-17/h3-11,18,20H,12-14H2,1-2H3/t18-,20+/m1/s1. The summed E-state index contributed by atoms with van der Waals surface area (Å²) >= 11 is 0. The van der Waals surface area contributed by atoms with Gasteiger partial charge in [0.05, 0.1) is 4.90 Å². The minimum atomic E-state index is -3.69. The molecule has 0 amide bonds. The maximum atomic E-state index is 12.9. The van der Waals surface area contributed by atoms with Gasteiger partial charge in [-0.2, -0.15) is 4.31 Å². The highest BCUT2D eigenvalue weighted by molar-refractivity contribution is 7.89. The summed E-state index contributed by atoms with van der Waals surface area (Å²) in [6, 6.07) is 15.6. The van der Waals surface area contributed by atoms with E-state index in [2.05, 4.69) is 0 Å². The molecule has 1 fully saturated rings. The summed E-state index contributed by atoms with van der Waals surface area (Å²) in [6.07, 6.45) is 0.161. The molecule has 0 bridgehead atoms. The highest BCUT2D eigenvalue weighted by Gasteiger charge is 2.42. The molecule has 27 heavy (non-hydrogen) atoms. The van der Waals surface area contributed by atoms with Crippen molar-refractivity contribution in [2.75, 3.05) is 13.1 Å². The van der Waals surface area contributed by atoms with Gasteiger partial charge in [-0.05, 0) is 31.9 Å². The monoisotopic (exact) mass is 385 g/mol. The highest BCUT2D eigenvalue weighted by Crippen LogP contribution is 2.32. The molecular formula is C21H23NO4S. The summed E-state index contributed by atoms with van der Waals surface area (Å²) in [6.45, 7) is 3.66. The van der Waals surface area contributed by atoms with Crippen molar-refractivity contribution in [1.82, 2.24) is 4.31 Å². The number of sulfonamides is 1. The summed E-state index contributed by atoms with van der Waals surface area (Å²) in [7, 11) is -3.69. The zero-order chi connectivity index (χ0) is 19.6. The average molecular weight is 385 g/mol. The third-order valence-electron chi connectivity index (χ3n) is 5.13. The fourth-order valence-electron chi connectivity index (χ4n) is 3.53. The molecule has 0 aliphatic carbocycles. The van der Waals surface area contributed by atoms with Gasteiger partial charge in [0.2, 0.25) is 10.0 Å². The van der Waals surface area contributed by atoms with Gasteiger partial charge in [-0.3, -0.25) is 9.59 Å². The SMILES string of the molecule is CC(=O)[C@@H]1CN(S(=O)(=O)c2ccc(C)cc2)C[C@H]1CC(=O)c1ccccc1. The second-order valence-electron chi connectivity index (χ2n) is 7.11. The Bertz CT molecular complexity index is 936. The van der Waals surface area contributed by atoms with Crippen LogP contribution in [0.3, 0.4) is 0 Å². The van der Waals surface area contributed by atoms with Gasteiger partial charge in [-0.1, -0.05) is 48.0 Å². The van der Waals surface area contributed by atoms with Crippen molar-refractivity contribution in [3.8, 4) is 0 Å². The molecule has 2 atom stereocenters. The largest absolute Gasteiger partial charge is 0.300 e. The smallest absolute Gasteiger partial charge is 0.243 e. The number of Topliss-reactive ketones (excluding diaryl/α,β-unsaturated/α-hetero) is 2. The van der Waals surface area contributed by atoms with Crippen LogP contribution >= 0.6 is 0 Å². The minimum Gasteiger partial charge on any atom is -0.300 e. The zero-order valence-corrected chi connectivity index (χ0v) is 16.3. The minimum absolute atomic E-state index is 0.0681. The number of hydrogen-bond acceptors (Lipinski definition) is 4. The lowest BCUT2D eigenvalue weighted by Gasteiger charge is -2.16. The first kappa shape index (κ1) is 19.5. The van der Waals surface area contributed by atoms with Crippen LogP contribution in [0.15, 0.2) is 59.5 Å². The quantitative estimate of drug-likeness (QED) is 0.717. The van der Waals surface area contributed by atoms with Crippen molar-refractivity contribution in [2.45, 2.75) is 25.2 Å². The molecule has 0 aromatic heterocycles. The first-order chi connectivity index (χ1) is 12.8. The van der Waals surface area contributed by atoms with Crippen molar-refractivity contribution in [3.63, 3.8) is 0 Å². The molecule has 1 aliphatic heterocycles. The number of carbonyl (C=O) groups is 2. The third-order valence-corrected chi connectivity index (χ3v) is 6.98. The molecule has 142 valence electrons. The van der Waals surface area contributed by atoms with Gasteiger partial charge in [0.1, 0.15) is 5.78 Å². The van der Waals surface area contributed by atoms with E-state index < -0.39 is 15.9 Å². The Kier molecular flexibility index (Phi) is 5.58. The van der Waals surface area contributed by atoms with E-state index in [1.54, 1.807) is 48.5 Å². The third kappa shape index (κ3) is 4.17. The van der Waals surface area contributed by atoms with Gasteiger partial charge in [-0.25, -0.2) is 8.42 Å². The Morgan fingerprint density at radius 1 is 1.00 bits per heavy atom. The average Bonchev–Trinajstić information content (AvgIpc) is 3.08. The van der Waals surface area contributed by atoms with Crippen LogP contribution in [0.4, 0.5) is 0 Å². The van der Waals surface area contributed by atoms with Crippen LogP contribution in [-0.2, 0) is 14.8 Å². The number of ketones is 2. The van der Waals surface area contributed by atoms with Gasteiger partial charge < -0.3 is 0 Å². The first-order valence-corrected chi connectivity index (χ1v) is 10.4. The number of nitrogens with zero attached hydrogens (tertiary/aromatic N) is 1. The zero-order valence-electron chi connectivity index (χ0n) is 15.5. The second-order valence-corrected chi connectivity index (χ2v) is 9.04. The molecule has 2 aromatic carbocycles. The number of aryl methyl sites for hydroxylation is 1. The molecular weight excluding hydrogens is 362 g/mol. The molecule has 0 radical (unpaired) electrons. The molecule has 2 aromatic rings. The van der Waals surface area contributed by atoms with Crippen molar-refractivity contribution >= 4 is 21.6 Å². The van der Waals surface area contributed by atoms with Crippen molar-refractivity contribution < 1.29 is 18.0 Å². The summed E-state index contributed by atoms with van der Waals surface area (Å²) in [5.74, 6) is -0.919. The van der Waals surface area contributed by atoms with E-state index in [-0.39, 0.29) is 41.9 Å². The molecule has 1 aliphatic rings. The van der Waals surface area contributed by atoms with Crippen LogP contribution in [0.5, 0.6) is 0 Å². The summed E-state index contributed by atoms with van der Waals surface area (Å²) < 4.78 is 27.2. The van der Waals surface area contributed by atoms with Gasteiger partial charge in [0.25, 0.3) is 0 Å². The van der Waals surface area contributed by atoms with E-state index >= 15 is 0 Å². The van der Waals surface area contributed by atoms with Crippen LogP contribution in [0.1, 0.15) is 29.3 Å². The van der Waals surface area contributed by atoms with Crippen LogP contribution in [0.2, 0.25) is 0 Å². The molecule has 6 heteroatoms. The number of carbonyl (C=O) groups excluding carboxylic acids is 2. The van der Waals surface area contributed by atoms with Gasteiger partial charge in [-0.15, -0.1) is 0 Å². The lowest BCUT2D eigenvalue weighted by Crippen LogP contribution is -2.29. The molecule has 5 nitrogen and oxygen atoms in total. The normalized spacial score (nSPS) is 20.5. The fraction of sp³-hybridized carbons (Fsp3) is 0.333. The maximum absolute atomic E-state index is 12.9. The Balaban J connectivity index is 1.81. The molecule has 3 rings (SSSR count). The lowest BCUT2D eigenvalue weighted by molar-refractivity contribution is -0.121. The van der Waals surface area contributed by atoms with Crippen LogP contribution in [0, 0.1) is 18.8 Å². The summed E-state index contributed by atoms with van der Waals surface area (Å²) in [4.78, 5) is 24.9. The predicted octanol–water partition coefficient (Wildman–Crippen LogP) is 3.09. The van der Waals surface area contributed by atoms with E-state index in [9.17, 15) is 18.0 Å². The number of hydrogen-bond donors (Lipinski definition) is 0. The molecule has 1 saturated heterocycles. The van der Waals surface area contributed by atoms with Crippen LogP contribution < -0.4 is 0 Å². The predicted molar refractivity (Wildman–Crippen MR) is 103 cm³/mol. The summed E-state index contributed by atoms with van der Waals surface area (Å²) in [5, 5.41) is 0. The topological polar surface area (TPSA) is 71.5 Å². The van der Waals surface area contributed by atoms with Gasteiger partial charge in [0, 0.05) is 31.0 Å². The Morgan fingerprint density at radius 2 is 1.63 bits per heavy atom. The maximum Gasteiger partial charge on any atom is 0.243 e. The van der Waals surface area contributed by atoms with E-state index in [1.165, 1.54) is 11.2 Å². The molecule has 0 saturated carbocycles.